The van der Waals surface area contributed by atoms with Crippen molar-refractivity contribution in [3.8, 4) is 0 Å². The maximum Gasteiger partial charge on any atom is 0.296 e. The molecule has 1 amide bonds. The Morgan fingerprint density at radius 3 is 1.69 bits per heavy atom. The number of nitrogens with one attached hydrogen (secondary N) is 1. The number of carbonyl (C=O) groups is 1. The minimum atomic E-state index is -4.64. The van der Waals surface area contributed by atoms with Gasteiger partial charge < -0.3 is 16.8 Å². The maximum atomic E-state index is 10.9. The van der Waals surface area contributed by atoms with Crippen LogP contribution in [0.2, 0.25) is 0 Å². The van der Waals surface area contributed by atoms with Gasteiger partial charge in [0.1, 0.15) is 9.79 Å². The molecule has 0 aromatic heterocycles. The van der Waals surface area contributed by atoms with Crippen LogP contribution in [0.15, 0.2) is 39.0 Å². The summed E-state index contributed by atoms with van der Waals surface area (Å²) in [6.07, 6.45) is 0. The number of nitrogen functional groups attached to an aromatic ring is 2. The van der Waals surface area contributed by atoms with E-state index in [1.165, 1.54) is 26.0 Å². The molecule has 2 aromatic carbocycles. The van der Waals surface area contributed by atoms with E-state index in [-0.39, 0.29) is 27.7 Å². The number of amides is 1. The lowest BCUT2D eigenvalue weighted by molar-refractivity contribution is -0.114. The molecule has 8 N–H and O–H groups in total. The van der Waals surface area contributed by atoms with E-state index < -0.39 is 40.1 Å². The lowest BCUT2D eigenvalue weighted by Gasteiger charge is -2.10. The average Bonchev–Trinajstić information content (AvgIpc) is 2.57. The number of anilines is 3. The number of carbonyl (C=O) groups excluding carboxylic acids is 1. The highest BCUT2D eigenvalue weighted by Gasteiger charge is 2.21. The van der Waals surface area contributed by atoms with Crippen molar-refractivity contribution >= 4 is 53.3 Å². The molecular weight excluding hydrogens is 490 g/mol. The molecule has 0 aliphatic carbocycles. The molecule has 0 saturated carbocycles. The van der Waals surface area contributed by atoms with Gasteiger partial charge in [0.05, 0.1) is 16.3 Å². The zero-order valence-electron chi connectivity index (χ0n) is 16.9. The first-order valence-electron chi connectivity index (χ1n) is 8.25. The van der Waals surface area contributed by atoms with E-state index in [4.69, 9.17) is 25.1 Å². The Bertz CT molecular complexity index is 1380. The van der Waals surface area contributed by atoms with Crippen LogP contribution in [-0.4, -0.2) is 44.8 Å². The SMILES string of the molecule is CC(=O)Nc1cc(N)c(S(=O)(=O)O)cc1C.Cc1cc(S(=O)(=O)O)cc(S(=O)(=O)O)c1N. The van der Waals surface area contributed by atoms with Crippen LogP contribution < -0.4 is 16.8 Å². The number of nitrogens with two attached hydrogens (primary N) is 2. The first-order valence-corrected chi connectivity index (χ1v) is 12.6. The molecule has 2 rings (SSSR count). The first kappa shape index (κ1) is 27.3. The summed E-state index contributed by atoms with van der Waals surface area (Å²) in [5.74, 6) is -0.290. The standard InChI is InChI=1S/C9H12N2O4S.C7H9NO6S2/c1-5-3-9(16(13,14)15)7(10)4-8(5)11-6(2)12;1-4-2-5(15(9,10)11)3-6(7(4)8)16(12,13)14/h3-4H,10H2,1-2H3,(H,11,12)(H,13,14,15);2-3H,8H2,1H3,(H,9,10,11)(H,12,13,14). The van der Waals surface area contributed by atoms with Crippen LogP contribution in [-0.2, 0) is 35.1 Å². The molecule has 178 valence electrons. The summed E-state index contributed by atoms with van der Waals surface area (Å²) < 4.78 is 91.7. The van der Waals surface area contributed by atoms with Crippen molar-refractivity contribution in [3.05, 3.63) is 35.4 Å². The van der Waals surface area contributed by atoms with Crippen molar-refractivity contribution in [2.75, 3.05) is 16.8 Å². The third-order valence-corrected chi connectivity index (χ3v) is 6.48. The Labute approximate surface area is 184 Å². The number of benzene rings is 2. The largest absolute Gasteiger partial charge is 0.398 e. The molecule has 0 unspecified atom stereocenters. The minimum absolute atomic E-state index is 0.114. The highest BCUT2D eigenvalue weighted by molar-refractivity contribution is 7.87. The molecule has 0 saturated heterocycles. The van der Waals surface area contributed by atoms with Gasteiger partial charge in [0.25, 0.3) is 30.4 Å². The molecule has 0 heterocycles. The first-order chi connectivity index (χ1) is 14.2. The lowest BCUT2D eigenvalue weighted by Crippen LogP contribution is -2.10. The average molecular weight is 512 g/mol. The third kappa shape index (κ3) is 7.14. The van der Waals surface area contributed by atoms with Crippen LogP contribution in [0.5, 0.6) is 0 Å². The van der Waals surface area contributed by atoms with Crippen LogP contribution in [0.3, 0.4) is 0 Å². The van der Waals surface area contributed by atoms with E-state index in [1.54, 1.807) is 6.92 Å². The fourth-order valence-corrected chi connectivity index (χ4v) is 4.41. The second-order valence-electron chi connectivity index (χ2n) is 6.46. The van der Waals surface area contributed by atoms with Crippen molar-refractivity contribution in [1.29, 1.82) is 0 Å². The molecule has 0 spiro atoms. The third-order valence-electron chi connectivity index (χ3n) is 3.84. The van der Waals surface area contributed by atoms with E-state index in [1.807, 2.05) is 0 Å². The summed E-state index contributed by atoms with van der Waals surface area (Å²) in [7, 11) is -13.5. The Morgan fingerprint density at radius 1 is 0.781 bits per heavy atom. The predicted octanol–water partition coefficient (Wildman–Crippen LogP) is 0.853. The molecule has 0 atom stereocenters. The van der Waals surface area contributed by atoms with E-state index in [0.29, 0.717) is 17.3 Å². The minimum Gasteiger partial charge on any atom is -0.398 e. The van der Waals surface area contributed by atoms with E-state index >= 15 is 0 Å². The van der Waals surface area contributed by atoms with Crippen molar-refractivity contribution in [3.63, 3.8) is 0 Å². The molecule has 0 bridgehead atoms. The zero-order valence-corrected chi connectivity index (χ0v) is 19.3. The Kier molecular flexibility index (Phi) is 8.00. The van der Waals surface area contributed by atoms with Gasteiger partial charge in [-0.25, -0.2) is 0 Å². The topological polar surface area (TPSA) is 244 Å². The normalized spacial score (nSPS) is 11.9. The van der Waals surface area contributed by atoms with Crippen molar-refractivity contribution in [1.82, 2.24) is 0 Å². The number of rotatable bonds is 4. The van der Waals surface area contributed by atoms with Gasteiger partial charge in [0.2, 0.25) is 5.91 Å². The van der Waals surface area contributed by atoms with E-state index in [9.17, 15) is 30.0 Å². The predicted molar refractivity (Wildman–Crippen MR) is 115 cm³/mol. The van der Waals surface area contributed by atoms with Crippen LogP contribution in [0.4, 0.5) is 17.1 Å². The second-order valence-corrected chi connectivity index (χ2v) is 10.7. The number of hydrogen-bond donors (Lipinski definition) is 6. The molecule has 13 nitrogen and oxygen atoms in total. The fraction of sp³-hybridized carbons (Fsp3) is 0.188. The second kappa shape index (κ2) is 9.39. The van der Waals surface area contributed by atoms with Gasteiger partial charge in [-0.1, -0.05) is 0 Å². The smallest absolute Gasteiger partial charge is 0.296 e. The fourth-order valence-electron chi connectivity index (χ4n) is 2.34. The molecule has 0 aliphatic heterocycles. The van der Waals surface area contributed by atoms with Gasteiger partial charge in [0.15, 0.2) is 0 Å². The van der Waals surface area contributed by atoms with Gasteiger partial charge in [-0.15, -0.1) is 0 Å². The van der Waals surface area contributed by atoms with Crippen molar-refractivity contribution in [2.45, 2.75) is 35.5 Å². The Balaban J connectivity index is 0.000000320. The van der Waals surface area contributed by atoms with E-state index in [0.717, 1.165) is 6.07 Å². The molecule has 2 aromatic rings. The molecule has 16 heteroatoms. The monoisotopic (exact) mass is 511 g/mol. The van der Waals surface area contributed by atoms with Gasteiger partial charge >= 0.3 is 0 Å². The van der Waals surface area contributed by atoms with Gasteiger partial charge in [0, 0.05) is 12.6 Å². The van der Waals surface area contributed by atoms with Crippen LogP contribution in [0.1, 0.15) is 18.1 Å². The van der Waals surface area contributed by atoms with Crippen LogP contribution in [0.25, 0.3) is 0 Å². The van der Waals surface area contributed by atoms with E-state index in [2.05, 4.69) is 5.32 Å². The molecule has 0 fully saturated rings. The summed E-state index contributed by atoms with van der Waals surface area (Å²) in [6.45, 7) is 4.27. The molecule has 0 radical (unpaired) electrons. The number of hydrogen-bond acceptors (Lipinski definition) is 9. The molecule has 32 heavy (non-hydrogen) atoms. The quantitative estimate of drug-likeness (QED) is 0.247. The zero-order chi connectivity index (χ0) is 25.2. The lowest BCUT2D eigenvalue weighted by atomic mass is 10.2. The summed E-state index contributed by atoms with van der Waals surface area (Å²) >= 11 is 0. The summed E-state index contributed by atoms with van der Waals surface area (Å²) in [5.41, 5.74) is 11.5. The Morgan fingerprint density at radius 2 is 1.28 bits per heavy atom. The van der Waals surface area contributed by atoms with Crippen molar-refractivity contribution in [2.24, 2.45) is 0 Å². The highest BCUT2D eigenvalue weighted by Crippen LogP contribution is 2.27. The van der Waals surface area contributed by atoms with Gasteiger partial charge in [-0.05, 0) is 49.2 Å². The summed E-state index contributed by atoms with van der Waals surface area (Å²) in [4.78, 5) is 9.08. The van der Waals surface area contributed by atoms with Gasteiger partial charge in [-0.3, -0.25) is 18.5 Å². The van der Waals surface area contributed by atoms with Gasteiger partial charge in [-0.2, -0.15) is 25.3 Å². The molecular formula is C16H21N3O10S3. The van der Waals surface area contributed by atoms with Crippen LogP contribution in [0, 0.1) is 13.8 Å². The van der Waals surface area contributed by atoms with Crippen molar-refractivity contribution < 1.29 is 43.7 Å². The van der Waals surface area contributed by atoms with Crippen LogP contribution >= 0.6 is 0 Å². The number of aryl methyl sites for hydroxylation is 2. The Hall–Kier alpha value is -2.76. The summed E-state index contributed by atoms with van der Waals surface area (Å²) in [6, 6.07) is 4.09. The highest BCUT2D eigenvalue weighted by atomic mass is 32.2. The maximum absolute atomic E-state index is 10.9. The summed E-state index contributed by atoms with van der Waals surface area (Å²) in [5, 5.41) is 2.50. The molecule has 0 aliphatic rings.